The molecule has 1 fully saturated rings. The molecule has 0 N–H and O–H groups in total. The third kappa shape index (κ3) is 3.90. The van der Waals surface area contributed by atoms with Gasteiger partial charge in [-0.15, -0.1) is 0 Å². The molecule has 0 atom stereocenters. The van der Waals surface area contributed by atoms with Crippen molar-refractivity contribution in [3.05, 3.63) is 77.5 Å². The second-order valence-electron chi connectivity index (χ2n) is 6.59. The van der Waals surface area contributed by atoms with E-state index in [0.717, 1.165) is 43.3 Å². The largest absolute Gasteiger partial charge is 0.368 e. The average Bonchev–Trinajstić information content (AvgIpc) is 2.69. The van der Waals surface area contributed by atoms with Crippen LogP contribution in [-0.2, 0) is 0 Å². The fourth-order valence-electron chi connectivity index (χ4n) is 3.46. The van der Waals surface area contributed by atoms with Crippen LogP contribution in [0.4, 0.5) is 5.69 Å². The number of hydrogen-bond acceptors (Lipinski definition) is 3. The number of pyridine rings is 1. The van der Waals surface area contributed by atoms with Gasteiger partial charge in [-0.05, 0) is 29.8 Å². The van der Waals surface area contributed by atoms with Gasteiger partial charge in [-0.1, -0.05) is 54.1 Å². The highest BCUT2D eigenvalue weighted by atomic mass is 35.5. The molecule has 2 heterocycles. The first-order valence-electron chi connectivity index (χ1n) is 9.03. The number of hydrogen-bond donors (Lipinski definition) is 0. The van der Waals surface area contributed by atoms with E-state index in [9.17, 15) is 0 Å². The second kappa shape index (κ2) is 7.90. The predicted octanol–water partition coefficient (Wildman–Crippen LogP) is 4.72. The van der Waals surface area contributed by atoms with E-state index in [1.807, 2.05) is 24.4 Å². The summed E-state index contributed by atoms with van der Waals surface area (Å²) in [5.74, 6) is 0. The van der Waals surface area contributed by atoms with Crippen LogP contribution >= 0.6 is 11.6 Å². The molecule has 1 saturated heterocycles. The maximum Gasteiger partial charge on any atom is 0.0737 e. The van der Waals surface area contributed by atoms with Crippen molar-refractivity contribution in [3.8, 4) is 0 Å². The first-order chi connectivity index (χ1) is 12.8. The van der Waals surface area contributed by atoms with Gasteiger partial charge in [0.2, 0.25) is 0 Å². The molecule has 26 heavy (non-hydrogen) atoms. The van der Waals surface area contributed by atoms with E-state index in [-0.39, 0.29) is 0 Å². The lowest BCUT2D eigenvalue weighted by molar-refractivity contribution is 0.284. The van der Waals surface area contributed by atoms with E-state index in [4.69, 9.17) is 11.6 Å². The summed E-state index contributed by atoms with van der Waals surface area (Å²) in [4.78, 5) is 9.40. The Balaban J connectivity index is 1.39. The Morgan fingerprint density at radius 1 is 0.962 bits per heavy atom. The summed E-state index contributed by atoms with van der Waals surface area (Å²) in [6, 6.07) is 18.5. The Morgan fingerprint density at radius 2 is 1.77 bits per heavy atom. The third-order valence-electron chi connectivity index (χ3n) is 4.87. The highest BCUT2D eigenvalue weighted by Crippen LogP contribution is 2.28. The lowest BCUT2D eigenvalue weighted by Gasteiger charge is -2.36. The molecule has 0 saturated carbocycles. The lowest BCUT2D eigenvalue weighted by Crippen LogP contribution is -2.46. The fraction of sp³-hybridized carbons (Fsp3) is 0.227. The number of fused-ring (bicyclic) bond motifs is 1. The van der Waals surface area contributed by atoms with Crippen LogP contribution in [-0.4, -0.2) is 42.6 Å². The maximum absolute atomic E-state index is 6.10. The highest BCUT2D eigenvalue weighted by Gasteiger charge is 2.18. The van der Waals surface area contributed by atoms with Crippen LogP contribution in [0.3, 0.4) is 0 Å². The topological polar surface area (TPSA) is 19.4 Å². The summed E-state index contributed by atoms with van der Waals surface area (Å²) < 4.78 is 0. The number of benzene rings is 2. The van der Waals surface area contributed by atoms with Gasteiger partial charge in [0.05, 0.1) is 5.52 Å². The standard InChI is InChI=1S/C22H22ClN3/c23-19-8-9-20-21(17-19)24-11-10-22(20)26-15-13-25(14-16-26)12-4-7-18-5-2-1-3-6-18/h1-11,17H,12-16H2. The Morgan fingerprint density at radius 3 is 2.58 bits per heavy atom. The minimum atomic E-state index is 0.733. The molecule has 132 valence electrons. The van der Waals surface area contributed by atoms with Crippen LogP contribution in [0, 0.1) is 0 Å². The van der Waals surface area contributed by atoms with E-state index >= 15 is 0 Å². The van der Waals surface area contributed by atoms with E-state index in [0.29, 0.717) is 0 Å². The third-order valence-corrected chi connectivity index (χ3v) is 5.10. The molecule has 0 aliphatic carbocycles. The number of piperazine rings is 1. The molecule has 4 heteroatoms. The molecule has 0 bridgehead atoms. The van der Waals surface area contributed by atoms with E-state index < -0.39 is 0 Å². The maximum atomic E-state index is 6.10. The van der Waals surface area contributed by atoms with Gasteiger partial charge in [0.1, 0.15) is 0 Å². The predicted molar refractivity (Wildman–Crippen MR) is 111 cm³/mol. The molecule has 2 aromatic carbocycles. The summed E-state index contributed by atoms with van der Waals surface area (Å²) in [5, 5.41) is 1.91. The van der Waals surface area contributed by atoms with Crippen molar-refractivity contribution < 1.29 is 0 Å². The van der Waals surface area contributed by atoms with Crippen molar-refractivity contribution in [2.45, 2.75) is 0 Å². The summed E-state index contributed by atoms with van der Waals surface area (Å²) >= 11 is 6.10. The van der Waals surface area contributed by atoms with Crippen molar-refractivity contribution >= 4 is 34.3 Å². The number of nitrogens with zero attached hydrogens (tertiary/aromatic N) is 3. The minimum Gasteiger partial charge on any atom is -0.368 e. The highest BCUT2D eigenvalue weighted by molar-refractivity contribution is 6.31. The molecule has 3 aromatic rings. The van der Waals surface area contributed by atoms with Crippen molar-refractivity contribution in [1.82, 2.24) is 9.88 Å². The molecule has 1 aromatic heterocycles. The second-order valence-corrected chi connectivity index (χ2v) is 7.03. The van der Waals surface area contributed by atoms with E-state index in [1.165, 1.54) is 16.6 Å². The molecule has 1 aliphatic rings. The van der Waals surface area contributed by atoms with Crippen LogP contribution in [0.1, 0.15) is 5.56 Å². The summed E-state index contributed by atoms with van der Waals surface area (Å²) in [5.41, 5.74) is 3.47. The number of rotatable bonds is 4. The molecule has 1 aliphatic heterocycles. The van der Waals surface area contributed by atoms with Gasteiger partial charge in [-0.2, -0.15) is 0 Å². The molecule has 0 unspecified atom stereocenters. The zero-order valence-electron chi connectivity index (χ0n) is 14.7. The van der Waals surface area contributed by atoms with E-state index in [2.05, 4.69) is 63.3 Å². The summed E-state index contributed by atoms with van der Waals surface area (Å²) in [6.07, 6.45) is 6.34. The Kier molecular flexibility index (Phi) is 5.19. The Bertz CT molecular complexity index is 900. The first kappa shape index (κ1) is 17.1. The van der Waals surface area contributed by atoms with Crippen LogP contribution in [0.2, 0.25) is 5.02 Å². The van der Waals surface area contributed by atoms with Gasteiger partial charge in [-0.25, -0.2) is 0 Å². The quantitative estimate of drug-likeness (QED) is 0.668. The summed E-state index contributed by atoms with van der Waals surface area (Å²) in [6.45, 7) is 5.18. The van der Waals surface area contributed by atoms with Crippen LogP contribution in [0.5, 0.6) is 0 Å². The molecule has 0 amide bonds. The number of anilines is 1. The SMILES string of the molecule is Clc1ccc2c(N3CCN(CC=Cc4ccccc4)CC3)ccnc2c1. The molecular weight excluding hydrogens is 342 g/mol. The van der Waals surface area contributed by atoms with Crippen LogP contribution in [0.15, 0.2) is 66.9 Å². The Labute approximate surface area is 159 Å². The van der Waals surface area contributed by atoms with Gasteiger partial charge in [0.15, 0.2) is 0 Å². The Hall–Kier alpha value is -2.36. The molecule has 0 radical (unpaired) electrons. The van der Waals surface area contributed by atoms with Crippen LogP contribution in [0.25, 0.3) is 17.0 Å². The van der Waals surface area contributed by atoms with Gasteiger partial charge in [0, 0.05) is 55.0 Å². The van der Waals surface area contributed by atoms with Gasteiger partial charge in [0.25, 0.3) is 0 Å². The zero-order valence-corrected chi connectivity index (χ0v) is 15.4. The molecular formula is C22H22ClN3. The monoisotopic (exact) mass is 363 g/mol. The molecule has 3 nitrogen and oxygen atoms in total. The van der Waals surface area contributed by atoms with Gasteiger partial charge < -0.3 is 4.90 Å². The number of halogens is 1. The van der Waals surface area contributed by atoms with Crippen LogP contribution < -0.4 is 4.90 Å². The van der Waals surface area contributed by atoms with Gasteiger partial charge in [-0.3, -0.25) is 9.88 Å². The smallest absolute Gasteiger partial charge is 0.0737 e. The van der Waals surface area contributed by atoms with E-state index in [1.54, 1.807) is 0 Å². The fourth-order valence-corrected chi connectivity index (χ4v) is 3.62. The normalized spacial score (nSPS) is 15.8. The average molecular weight is 364 g/mol. The van der Waals surface area contributed by atoms with Crippen molar-refractivity contribution in [2.75, 3.05) is 37.6 Å². The van der Waals surface area contributed by atoms with Crippen molar-refractivity contribution in [2.24, 2.45) is 0 Å². The molecule has 4 rings (SSSR count). The molecule has 0 spiro atoms. The van der Waals surface area contributed by atoms with Crippen molar-refractivity contribution in [1.29, 1.82) is 0 Å². The number of aromatic nitrogens is 1. The lowest BCUT2D eigenvalue weighted by atomic mass is 10.1. The summed E-state index contributed by atoms with van der Waals surface area (Å²) in [7, 11) is 0. The van der Waals surface area contributed by atoms with Crippen molar-refractivity contribution in [3.63, 3.8) is 0 Å². The minimum absolute atomic E-state index is 0.733. The first-order valence-corrected chi connectivity index (χ1v) is 9.40. The zero-order chi connectivity index (χ0) is 17.8. The van der Waals surface area contributed by atoms with Gasteiger partial charge >= 0.3 is 0 Å².